The molecule has 0 N–H and O–H groups in total. The van der Waals surface area contributed by atoms with Crippen LogP contribution < -0.4 is 0 Å². The predicted octanol–water partition coefficient (Wildman–Crippen LogP) is 2.95. The number of amides is 1. The minimum absolute atomic E-state index is 0.404. The highest BCUT2D eigenvalue weighted by Gasteiger charge is 2.25. The molecule has 0 aromatic heterocycles. The van der Waals surface area contributed by atoms with Crippen LogP contribution in [0.25, 0.3) is 0 Å². The van der Waals surface area contributed by atoms with Gasteiger partial charge in [0.15, 0.2) is 0 Å². The SMILES string of the molecule is O=C(CC1CCC1)N1CCCC(Br)CC1. The molecule has 15 heavy (non-hydrogen) atoms. The second kappa shape index (κ2) is 5.33. The first-order chi connectivity index (χ1) is 7.25. The van der Waals surface area contributed by atoms with Gasteiger partial charge in [-0.2, -0.15) is 0 Å². The van der Waals surface area contributed by atoms with E-state index in [0.29, 0.717) is 16.7 Å². The minimum atomic E-state index is 0.404. The first-order valence-electron chi connectivity index (χ1n) is 6.17. The Labute approximate surface area is 101 Å². The summed E-state index contributed by atoms with van der Waals surface area (Å²) in [5.74, 6) is 1.11. The van der Waals surface area contributed by atoms with E-state index in [4.69, 9.17) is 0 Å². The summed E-state index contributed by atoms with van der Waals surface area (Å²) in [7, 11) is 0. The van der Waals surface area contributed by atoms with Crippen molar-refractivity contribution < 1.29 is 4.79 Å². The van der Waals surface area contributed by atoms with E-state index >= 15 is 0 Å². The van der Waals surface area contributed by atoms with Gasteiger partial charge in [-0.3, -0.25) is 4.79 Å². The van der Waals surface area contributed by atoms with Crippen LogP contribution in [0.4, 0.5) is 0 Å². The number of carbonyl (C=O) groups excluding carboxylic acids is 1. The summed E-state index contributed by atoms with van der Waals surface area (Å²) < 4.78 is 0. The van der Waals surface area contributed by atoms with Gasteiger partial charge in [-0.25, -0.2) is 0 Å². The zero-order valence-electron chi connectivity index (χ0n) is 9.25. The van der Waals surface area contributed by atoms with E-state index in [1.165, 1.54) is 25.7 Å². The van der Waals surface area contributed by atoms with Gasteiger partial charge in [0.25, 0.3) is 0 Å². The Kier molecular flexibility index (Phi) is 4.06. The fourth-order valence-electron chi connectivity index (χ4n) is 2.38. The van der Waals surface area contributed by atoms with Crippen molar-refractivity contribution in [2.24, 2.45) is 5.92 Å². The molecule has 1 aliphatic carbocycles. The van der Waals surface area contributed by atoms with E-state index in [0.717, 1.165) is 32.4 Å². The van der Waals surface area contributed by atoms with Crippen LogP contribution in [0.5, 0.6) is 0 Å². The number of nitrogens with zero attached hydrogens (tertiary/aromatic N) is 1. The quantitative estimate of drug-likeness (QED) is 0.709. The molecule has 1 unspecified atom stereocenters. The van der Waals surface area contributed by atoms with Gasteiger partial charge >= 0.3 is 0 Å². The molecular weight excluding hydrogens is 254 g/mol. The Morgan fingerprint density at radius 2 is 1.93 bits per heavy atom. The largest absolute Gasteiger partial charge is 0.343 e. The maximum Gasteiger partial charge on any atom is 0.222 e. The zero-order valence-corrected chi connectivity index (χ0v) is 10.8. The van der Waals surface area contributed by atoms with Gasteiger partial charge in [-0.15, -0.1) is 0 Å². The predicted molar refractivity (Wildman–Crippen MR) is 65.1 cm³/mol. The summed E-state index contributed by atoms with van der Waals surface area (Å²) in [5.41, 5.74) is 0. The van der Waals surface area contributed by atoms with Gasteiger partial charge in [-0.1, -0.05) is 22.4 Å². The highest BCUT2D eigenvalue weighted by molar-refractivity contribution is 9.09. The molecule has 1 saturated heterocycles. The first-order valence-corrected chi connectivity index (χ1v) is 7.09. The molecule has 2 rings (SSSR count). The average Bonchev–Trinajstić information content (AvgIpc) is 2.36. The summed E-state index contributed by atoms with van der Waals surface area (Å²) in [6, 6.07) is 0. The fraction of sp³-hybridized carbons (Fsp3) is 0.917. The Bertz CT molecular complexity index is 228. The van der Waals surface area contributed by atoms with Crippen molar-refractivity contribution in [2.75, 3.05) is 13.1 Å². The third kappa shape index (κ3) is 3.20. The molecule has 0 aromatic carbocycles. The maximum absolute atomic E-state index is 12.0. The lowest BCUT2D eigenvalue weighted by Crippen LogP contribution is -2.34. The van der Waals surface area contributed by atoms with Crippen LogP contribution in [-0.4, -0.2) is 28.7 Å². The molecule has 0 bridgehead atoms. The molecule has 2 aliphatic rings. The zero-order chi connectivity index (χ0) is 10.7. The summed E-state index contributed by atoms with van der Waals surface area (Å²) in [6.45, 7) is 1.94. The smallest absolute Gasteiger partial charge is 0.222 e. The van der Waals surface area contributed by atoms with E-state index in [1.807, 2.05) is 0 Å². The maximum atomic E-state index is 12.0. The molecule has 1 atom stereocenters. The molecule has 1 aliphatic heterocycles. The third-order valence-corrected chi connectivity index (χ3v) is 4.61. The number of hydrogen-bond acceptors (Lipinski definition) is 1. The lowest BCUT2D eigenvalue weighted by molar-refractivity contribution is -0.132. The molecule has 2 fully saturated rings. The molecular formula is C12H20BrNO. The normalized spacial score (nSPS) is 28.3. The van der Waals surface area contributed by atoms with Crippen LogP contribution in [0, 0.1) is 5.92 Å². The molecule has 1 saturated carbocycles. The molecule has 0 aromatic rings. The van der Waals surface area contributed by atoms with Crippen LogP contribution in [-0.2, 0) is 4.79 Å². The molecule has 0 spiro atoms. The number of alkyl halides is 1. The average molecular weight is 274 g/mol. The molecule has 86 valence electrons. The van der Waals surface area contributed by atoms with Gasteiger partial charge in [0.1, 0.15) is 0 Å². The van der Waals surface area contributed by atoms with Gasteiger partial charge in [-0.05, 0) is 38.0 Å². The molecule has 1 amide bonds. The van der Waals surface area contributed by atoms with E-state index in [-0.39, 0.29) is 0 Å². The number of likely N-dealkylation sites (tertiary alicyclic amines) is 1. The summed E-state index contributed by atoms with van der Waals surface area (Å²) in [4.78, 5) is 14.7. The first kappa shape index (κ1) is 11.4. The highest BCUT2D eigenvalue weighted by atomic mass is 79.9. The van der Waals surface area contributed by atoms with Gasteiger partial charge in [0.05, 0.1) is 0 Å². The number of halogens is 1. The van der Waals surface area contributed by atoms with Gasteiger partial charge < -0.3 is 4.90 Å². The lowest BCUT2D eigenvalue weighted by atomic mass is 9.82. The van der Waals surface area contributed by atoms with Gasteiger partial charge in [0.2, 0.25) is 5.91 Å². The van der Waals surface area contributed by atoms with Crippen molar-refractivity contribution >= 4 is 21.8 Å². The van der Waals surface area contributed by atoms with Crippen molar-refractivity contribution in [1.29, 1.82) is 0 Å². The number of rotatable bonds is 2. The summed E-state index contributed by atoms with van der Waals surface area (Å²) >= 11 is 3.65. The second-order valence-corrected chi connectivity index (χ2v) is 6.20. The van der Waals surface area contributed by atoms with Crippen molar-refractivity contribution in [3.8, 4) is 0 Å². The number of hydrogen-bond donors (Lipinski definition) is 0. The standard InChI is InChI=1S/C12H20BrNO/c13-11-5-2-7-14(8-6-11)12(15)9-10-3-1-4-10/h10-11H,1-9H2. The third-order valence-electron chi connectivity index (χ3n) is 3.70. The lowest BCUT2D eigenvalue weighted by Gasteiger charge is -2.28. The van der Waals surface area contributed by atoms with Gasteiger partial charge in [0, 0.05) is 24.3 Å². The number of carbonyl (C=O) groups is 1. The van der Waals surface area contributed by atoms with Crippen molar-refractivity contribution in [2.45, 2.75) is 49.8 Å². The fourth-order valence-corrected chi connectivity index (χ4v) is 2.91. The van der Waals surface area contributed by atoms with Crippen LogP contribution in [0.2, 0.25) is 0 Å². The topological polar surface area (TPSA) is 20.3 Å². The Balaban J connectivity index is 1.77. The molecule has 3 heteroatoms. The molecule has 1 heterocycles. The van der Waals surface area contributed by atoms with Crippen molar-refractivity contribution in [1.82, 2.24) is 4.90 Å². The van der Waals surface area contributed by atoms with Crippen LogP contribution >= 0.6 is 15.9 Å². The van der Waals surface area contributed by atoms with E-state index in [9.17, 15) is 4.79 Å². The van der Waals surface area contributed by atoms with E-state index in [2.05, 4.69) is 20.8 Å². The van der Waals surface area contributed by atoms with Crippen molar-refractivity contribution in [3.05, 3.63) is 0 Å². The molecule has 2 nitrogen and oxygen atoms in total. The molecule has 0 radical (unpaired) electrons. The van der Waals surface area contributed by atoms with E-state index < -0.39 is 0 Å². The van der Waals surface area contributed by atoms with E-state index in [1.54, 1.807) is 0 Å². The van der Waals surface area contributed by atoms with Crippen LogP contribution in [0.3, 0.4) is 0 Å². The minimum Gasteiger partial charge on any atom is -0.343 e. The highest BCUT2D eigenvalue weighted by Crippen LogP contribution is 2.30. The monoisotopic (exact) mass is 273 g/mol. The van der Waals surface area contributed by atoms with Crippen LogP contribution in [0.15, 0.2) is 0 Å². The van der Waals surface area contributed by atoms with Crippen LogP contribution in [0.1, 0.15) is 44.9 Å². The Hall–Kier alpha value is -0.0500. The summed E-state index contributed by atoms with van der Waals surface area (Å²) in [6.07, 6.45) is 8.20. The Morgan fingerprint density at radius 1 is 1.13 bits per heavy atom. The summed E-state index contributed by atoms with van der Waals surface area (Å²) in [5, 5.41) is 0. The Morgan fingerprint density at radius 3 is 2.60 bits per heavy atom. The second-order valence-electron chi connectivity index (χ2n) is 4.91. The van der Waals surface area contributed by atoms with Crippen molar-refractivity contribution in [3.63, 3.8) is 0 Å².